The Bertz CT molecular complexity index is 527. The van der Waals surface area contributed by atoms with E-state index >= 15 is 0 Å². The zero-order valence-electron chi connectivity index (χ0n) is 14.5. The first-order chi connectivity index (χ1) is 11.0. The number of nitrogens with one attached hydrogen (secondary N) is 1. The molecule has 2 rings (SSSR count). The van der Waals surface area contributed by atoms with Gasteiger partial charge in [0, 0.05) is 17.8 Å². The van der Waals surface area contributed by atoms with Crippen molar-refractivity contribution in [3.05, 3.63) is 17.0 Å². The molecular weight excluding hydrogens is 294 g/mol. The summed E-state index contributed by atoms with van der Waals surface area (Å²) in [6, 6.07) is 0. The zero-order chi connectivity index (χ0) is 16.8. The Morgan fingerprint density at radius 2 is 2.22 bits per heavy atom. The van der Waals surface area contributed by atoms with Gasteiger partial charge in [-0.2, -0.15) is 5.10 Å². The van der Waals surface area contributed by atoms with Crippen LogP contribution < -0.4 is 5.32 Å². The molecule has 2 N–H and O–H groups in total. The third kappa shape index (κ3) is 5.04. The molecule has 6 nitrogen and oxygen atoms in total. The highest BCUT2D eigenvalue weighted by atomic mass is 16.5. The summed E-state index contributed by atoms with van der Waals surface area (Å²) in [5.41, 5.74) is 3.30. The Morgan fingerprint density at radius 3 is 2.91 bits per heavy atom. The molecule has 1 aromatic rings. The average Bonchev–Trinajstić information content (AvgIpc) is 2.80. The molecule has 1 fully saturated rings. The lowest BCUT2D eigenvalue weighted by molar-refractivity contribution is -0.140. The predicted molar refractivity (Wildman–Crippen MR) is 88.0 cm³/mol. The predicted octanol–water partition coefficient (Wildman–Crippen LogP) is 1.70. The zero-order valence-corrected chi connectivity index (χ0v) is 14.5. The fourth-order valence-corrected chi connectivity index (χ4v) is 3.36. The van der Waals surface area contributed by atoms with Gasteiger partial charge in [0.2, 0.25) is 0 Å². The number of hydrogen-bond acceptors (Lipinski definition) is 5. The van der Waals surface area contributed by atoms with Crippen LogP contribution in [0.2, 0.25) is 0 Å². The van der Waals surface area contributed by atoms with Gasteiger partial charge in [-0.1, -0.05) is 6.42 Å². The lowest BCUT2D eigenvalue weighted by Crippen LogP contribution is -2.29. The molecule has 0 radical (unpaired) electrons. The van der Waals surface area contributed by atoms with E-state index < -0.39 is 0 Å². The van der Waals surface area contributed by atoms with Crippen LogP contribution in [0.25, 0.3) is 0 Å². The normalized spacial score (nSPS) is 21.4. The molecule has 1 saturated carbocycles. The van der Waals surface area contributed by atoms with Gasteiger partial charge in [-0.25, -0.2) is 0 Å². The van der Waals surface area contributed by atoms with Gasteiger partial charge in [0.15, 0.2) is 0 Å². The van der Waals surface area contributed by atoms with Gasteiger partial charge in [-0.05, 0) is 45.6 Å². The molecule has 1 heterocycles. The molecule has 1 aromatic heterocycles. The Morgan fingerprint density at radius 1 is 1.43 bits per heavy atom. The number of aliphatic hydroxyl groups is 1. The molecule has 1 aliphatic rings. The van der Waals surface area contributed by atoms with Gasteiger partial charge in [0.1, 0.15) is 0 Å². The fourth-order valence-electron chi connectivity index (χ4n) is 3.36. The molecule has 6 heteroatoms. The van der Waals surface area contributed by atoms with Crippen LogP contribution in [-0.4, -0.2) is 40.6 Å². The monoisotopic (exact) mass is 323 g/mol. The van der Waals surface area contributed by atoms with Crippen LogP contribution in [0, 0.1) is 19.8 Å². The lowest BCUT2D eigenvalue weighted by Gasteiger charge is -2.26. The Balaban J connectivity index is 1.85. The van der Waals surface area contributed by atoms with E-state index in [0.29, 0.717) is 18.9 Å². The molecule has 0 aromatic carbocycles. The topological polar surface area (TPSA) is 76.4 Å². The van der Waals surface area contributed by atoms with E-state index in [-0.39, 0.29) is 12.1 Å². The average molecular weight is 323 g/mol. The fraction of sp³-hybridized carbons (Fsp3) is 0.765. The molecule has 2 atom stereocenters. The second-order valence-electron chi connectivity index (χ2n) is 6.52. The number of aliphatic hydroxyl groups excluding tert-OH is 1. The molecule has 0 spiro atoms. The van der Waals surface area contributed by atoms with E-state index in [2.05, 4.69) is 15.2 Å². The van der Waals surface area contributed by atoms with E-state index in [0.717, 1.165) is 43.7 Å². The number of aromatic nitrogens is 2. The number of rotatable bonds is 7. The van der Waals surface area contributed by atoms with E-state index in [9.17, 15) is 9.90 Å². The smallest absolute Gasteiger partial charge is 0.307 e. The number of carbonyl (C=O) groups is 1. The molecule has 0 saturated heterocycles. The van der Waals surface area contributed by atoms with E-state index in [1.807, 2.05) is 18.5 Å². The van der Waals surface area contributed by atoms with Gasteiger partial charge >= 0.3 is 5.97 Å². The number of aryl methyl sites for hydroxylation is 2. The molecule has 1 aliphatic carbocycles. The van der Waals surface area contributed by atoms with Crippen LogP contribution in [-0.2, 0) is 22.6 Å². The summed E-state index contributed by atoms with van der Waals surface area (Å²) in [4.78, 5) is 11.3. The number of carbonyl (C=O) groups excluding carboxylic acids is 1. The summed E-state index contributed by atoms with van der Waals surface area (Å²) < 4.78 is 6.56. The molecule has 0 bridgehead atoms. The molecule has 0 amide bonds. The lowest BCUT2D eigenvalue weighted by atomic mass is 9.87. The first kappa shape index (κ1) is 17.9. The Hall–Kier alpha value is -1.40. The van der Waals surface area contributed by atoms with Crippen molar-refractivity contribution in [3.63, 3.8) is 0 Å². The minimum absolute atomic E-state index is 0.125. The van der Waals surface area contributed by atoms with Crippen LogP contribution in [0.15, 0.2) is 0 Å². The maximum atomic E-state index is 11.3. The maximum Gasteiger partial charge on any atom is 0.307 e. The van der Waals surface area contributed by atoms with Crippen molar-refractivity contribution in [3.8, 4) is 0 Å². The van der Waals surface area contributed by atoms with Gasteiger partial charge in [0.05, 0.1) is 31.9 Å². The molecule has 2 unspecified atom stereocenters. The van der Waals surface area contributed by atoms with Crippen LogP contribution >= 0.6 is 0 Å². The molecule has 23 heavy (non-hydrogen) atoms. The molecule has 0 aliphatic heterocycles. The highest BCUT2D eigenvalue weighted by Crippen LogP contribution is 2.23. The largest absolute Gasteiger partial charge is 0.469 e. The molecule has 130 valence electrons. The van der Waals surface area contributed by atoms with Crippen molar-refractivity contribution >= 4 is 5.97 Å². The standard InChI is InChI=1S/C17H29N3O3/c1-12-16(11-18-10-14-5-4-6-15(21)9-14)13(2)20(19-12)8-7-17(22)23-3/h14-15,18,21H,4-11H2,1-3H3. The van der Waals surface area contributed by atoms with Crippen LogP contribution in [0.1, 0.15) is 49.1 Å². The third-order valence-corrected chi connectivity index (χ3v) is 4.78. The van der Waals surface area contributed by atoms with Crippen molar-refractivity contribution in [2.45, 2.75) is 65.1 Å². The van der Waals surface area contributed by atoms with E-state index in [1.54, 1.807) is 0 Å². The quantitative estimate of drug-likeness (QED) is 0.747. The van der Waals surface area contributed by atoms with Crippen molar-refractivity contribution in [2.75, 3.05) is 13.7 Å². The van der Waals surface area contributed by atoms with Crippen LogP contribution in [0.5, 0.6) is 0 Å². The van der Waals surface area contributed by atoms with Crippen molar-refractivity contribution in [1.29, 1.82) is 0 Å². The summed E-state index contributed by atoms with van der Waals surface area (Å²) in [6.45, 7) is 6.31. The summed E-state index contributed by atoms with van der Waals surface area (Å²) in [5.74, 6) is 0.349. The number of esters is 1. The van der Waals surface area contributed by atoms with Crippen molar-refractivity contribution in [2.24, 2.45) is 5.92 Å². The van der Waals surface area contributed by atoms with Crippen molar-refractivity contribution < 1.29 is 14.6 Å². The van der Waals surface area contributed by atoms with Gasteiger partial charge in [0.25, 0.3) is 0 Å². The highest BCUT2D eigenvalue weighted by molar-refractivity contribution is 5.68. The van der Waals surface area contributed by atoms with Crippen molar-refractivity contribution in [1.82, 2.24) is 15.1 Å². The van der Waals surface area contributed by atoms with Gasteiger partial charge in [-0.3, -0.25) is 9.48 Å². The van der Waals surface area contributed by atoms with E-state index in [4.69, 9.17) is 0 Å². The van der Waals surface area contributed by atoms with Crippen LogP contribution in [0.4, 0.5) is 0 Å². The minimum atomic E-state index is -0.215. The third-order valence-electron chi connectivity index (χ3n) is 4.78. The summed E-state index contributed by atoms with van der Waals surface area (Å²) in [6.07, 6.45) is 4.38. The Labute approximate surface area is 138 Å². The summed E-state index contributed by atoms with van der Waals surface area (Å²) >= 11 is 0. The summed E-state index contributed by atoms with van der Waals surface area (Å²) in [5, 5.41) is 17.8. The Kier molecular flexibility index (Phi) is 6.59. The van der Waals surface area contributed by atoms with Gasteiger partial charge in [-0.15, -0.1) is 0 Å². The second-order valence-corrected chi connectivity index (χ2v) is 6.52. The van der Waals surface area contributed by atoms with Gasteiger partial charge < -0.3 is 15.2 Å². The first-order valence-electron chi connectivity index (χ1n) is 8.49. The summed E-state index contributed by atoms with van der Waals surface area (Å²) in [7, 11) is 1.40. The minimum Gasteiger partial charge on any atom is -0.469 e. The SMILES string of the molecule is COC(=O)CCn1nc(C)c(CNCC2CCCC(O)C2)c1C. The molecular formula is C17H29N3O3. The number of ether oxygens (including phenoxy) is 1. The highest BCUT2D eigenvalue weighted by Gasteiger charge is 2.20. The van der Waals surface area contributed by atoms with E-state index in [1.165, 1.54) is 19.1 Å². The number of hydrogen-bond donors (Lipinski definition) is 2. The maximum absolute atomic E-state index is 11.3. The van der Waals surface area contributed by atoms with Crippen LogP contribution in [0.3, 0.4) is 0 Å². The number of methoxy groups -OCH3 is 1. The second kappa shape index (κ2) is 8.45. The first-order valence-corrected chi connectivity index (χ1v) is 8.49. The number of nitrogens with zero attached hydrogens (tertiary/aromatic N) is 2.